The van der Waals surface area contributed by atoms with E-state index in [2.05, 4.69) is 5.32 Å². The topological polar surface area (TPSA) is 86.8 Å². The van der Waals surface area contributed by atoms with E-state index in [4.69, 9.17) is 34.8 Å². The Morgan fingerprint density at radius 3 is 2.14 bits per heavy atom. The van der Waals surface area contributed by atoms with Gasteiger partial charge in [0.25, 0.3) is 0 Å². The predicted molar refractivity (Wildman–Crippen MR) is 129 cm³/mol. The van der Waals surface area contributed by atoms with Gasteiger partial charge in [-0.1, -0.05) is 40.9 Å². The maximum Gasteiger partial charge on any atom is 0.416 e. The van der Waals surface area contributed by atoms with Crippen molar-refractivity contribution >= 4 is 62.3 Å². The van der Waals surface area contributed by atoms with Crippen LogP contribution >= 0.6 is 34.8 Å². The van der Waals surface area contributed by atoms with E-state index in [-0.39, 0.29) is 21.6 Å². The molecule has 35 heavy (non-hydrogen) atoms. The Kier molecular flexibility index (Phi) is 9.32. The number of hydrogen-bond acceptors (Lipinski definition) is 4. The normalized spacial score (nSPS) is 12.7. The van der Waals surface area contributed by atoms with E-state index in [1.54, 1.807) is 6.07 Å². The Balaban J connectivity index is 2.51. The van der Waals surface area contributed by atoms with E-state index in [1.807, 2.05) is 0 Å². The van der Waals surface area contributed by atoms with E-state index >= 15 is 0 Å². The lowest BCUT2D eigenvalue weighted by Crippen LogP contribution is -2.50. The molecule has 14 heteroatoms. The van der Waals surface area contributed by atoms with Crippen LogP contribution in [-0.4, -0.2) is 51.0 Å². The van der Waals surface area contributed by atoms with Crippen molar-refractivity contribution in [3.05, 3.63) is 62.6 Å². The van der Waals surface area contributed by atoms with Gasteiger partial charge in [-0.15, -0.1) is 0 Å². The zero-order valence-corrected chi connectivity index (χ0v) is 21.7. The van der Waals surface area contributed by atoms with Gasteiger partial charge < -0.3 is 10.2 Å². The Morgan fingerprint density at radius 1 is 1.03 bits per heavy atom. The molecule has 2 amide bonds. The van der Waals surface area contributed by atoms with Crippen molar-refractivity contribution in [1.82, 2.24) is 10.2 Å². The summed E-state index contributed by atoms with van der Waals surface area (Å²) in [5, 5.41) is 2.54. The van der Waals surface area contributed by atoms with Gasteiger partial charge in [-0.25, -0.2) is 8.42 Å². The number of carbonyl (C=O) groups excluding carboxylic acids is 2. The van der Waals surface area contributed by atoms with Crippen LogP contribution in [0.25, 0.3) is 0 Å². The van der Waals surface area contributed by atoms with Gasteiger partial charge in [0.05, 0.1) is 32.6 Å². The van der Waals surface area contributed by atoms with Crippen LogP contribution in [0.3, 0.4) is 0 Å². The van der Waals surface area contributed by atoms with Gasteiger partial charge in [-0.05, 0) is 42.8 Å². The van der Waals surface area contributed by atoms with Crippen LogP contribution in [0.5, 0.6) is 0 Å². The van der Waals surface area contributed by atoms with Gasteiger partial charge in [-0.3, -0.25) is 13.9 Å². The Bertz CT molecular complexity index is 1230. The largest absolute Gasteiger partial charge is 0.416 e. The summed E-state index contributed by atoms with van der Waals surface area (Å²) in [7, 11) is -2.92. The molecular formula is C21H21Cl3F3N3O4S. The van der Waals surface area contributed by atoms with Gasteiger partial charge in [0, 0.05) is 13.6 Å². The Morgan fingerprint density at radius 2 is 1.63 bits per heavy atom. The number of anilines is 1. The molecule has 0 bridgehead atoms. The molecule has 1 atom stereocenters. The standard InChI is InChI=1S/C21H21Cl3F3N3O4S/c1-12(20(32)28-2)29(10-13-4-6-15(22)17(24)8-13)19(31)11-30(35(3,33)34)18-9-14(21(25,26)27)5-7-16(18)23/h4-9,12H,10-11H2,1-3H3,(H,28,32)/t12-/m1/s1. The SMILES string of the molecule is CNC(=O)[C@@H](C)N(Cc1ccc(Cl)c(Cl)c1)C(=O)CN(c1cc(C(F)(F)F)ccc1Cl)S(C)(=O)=O. The smallest absolute Gasteiger partial charge is 0.357 e. The number of nitrogens with zero attached hydrogens (tertiary/aromatic N) is 2. The highest BCUT2D eigenvalue weighted by atomic mass is 35.5. The van der Waals surface area contributed by atoms with Gasteiger partial charge in [0.2, 0.25) is 21.8 Å². The fourth-order valence-electron chi connectivity index (χ4n) is 3.10. The number of rotatable bonds is 8. The third-order valence-corrected chi connectivity index (χ3v) is 7.16. The van der Waals surface area contributed by atoms with Gasteiger partial charge in [-0.2, -0.15) is 13.2 Å². The number of sulfonamides is 1. The number of carbonyl (C=O) groups is 2. The van der Waals surface area contributed by atoms with Crippen LogP contribution in [-0.2, 0) is 32.3 Å². The number of nitrogens with one attached hydrogen (secondary N) is 1. The van der Waals surface area contributed by atoms with E-state index in [1.165, 1.54) is 26.1 Å². The molecule has 2 rings (SSSR count). The summed E-state index contributed by atoms with van der Waals surface area (Å²) in [6, 6.07) is 5.57. The first-order chi connectivity index (χ1) is 16.1. The maximum absolute atomic E-state index is 13.3. The summed E-state index contributed by atoms with van der Waals surface area (Å²) in [6.45, 7) is 0.330. The molecule has 0 heterocycles. The molecule has 0 saturated carbocycles. The molecule has 192 valence electrons. The molecule has 0 aromatic heterocycles. The van der Waals surface area contributed by atoms with Crippen molar-refractivity contribution < 1.29 is 31.2 Å². The highest BCUT2D eigenvalue weighted by Crippen LogP contribution is 2.36. The molecule has 2 aromatic carbocycles. The Labute approximate surface area is 215 Å². The first-order valence-electron chi connectivity index (χ1n) is 9.85. The van der Waals surface area contributed by atoms with E-state index in [9.17, 15) is 31.2 Å². The fraction of sp³-hybridized carbons (Fsp3) is 0.333. The number of alkyl halides is 3. The zero-order chi connectivity index (χ0) is 26.7. The lowest BCUT2D eigenvalue weighted by molar-refractivity contribution is -0.139. The highest BCUT2D eigenvalue weighted by Gasteiger charge is 2.34. The average molecular weight is 575 g/mol. The second-order valence-corrected chi connectivity index (χ2v) is 10.6. The molecule has 0 aliphatic heterocycles. The van der Waals surface area contributed by atoms with Gasteiger partial charge in [0.15, 0.2) is 0 Å². The predicted octanol–water partition coefficient (Wildman–Crippen LogP) is 4.59. The summed E-state index contributed by atoms with van der Waals surface area (Å²) in [5.41, 5.74) is -1.20. The van der Waals surface area contributed by atoms with E-state index in [0.717, 1.165) is 17.2 Å². The number of amides is 2. The minimum atomic E-state index is -4.78. The molecule has 1 N–H and O–H groups in total. The highest BCUT2D eigenvalue weighted by molar-refractivity contribution is 7.92. The second kappa shape index (κ2) is 11.2. The molecule has 0 radical (unpaired) electrons. The summed E-state index contributed by atoms with van der Waals surface area (Å²) in [6.07, 6.45) is -4.05. The van der Waals surface area contributed by atoms with Gasteiger partial charge in [0.1, 0.15) is 12.6 Å². The third-order valence-electron chi connectivity index (χ3n) is 4.97. The van der Waals surface area contributed by atoms with Crippen LogP contribution in [0.1, 0.15) is 18.1 Å². The zero-order valence-electron chi connectivity index (χ0n) is 18.7. The van der Waals surface area contributed by atoms with Crippen LogP contribution in [0.4, 0.5) is 18.9 Å². The van der Waals surface area contributed by atoms with Crippen LogP contribution in [0.15, 0.2) is 36.4 Å². The van der Waals surface area contributed by atoms with Crippen LogP contribution < -0.4 is 9.62 Å². The third kappa shape index (κ3) is 7.39. The molecule has 7 nitrogen and oxygen atoms in total. The van der Waals surface area contributed by atoms with Crippen LogP contribution in [0, 0.1) is 0 Å². The minimum Gasteiger partial charge on any atom is -0.357 e. The van der Waals surface area contributed by atoms with Crippen molar-refractivity contribution in [1.29, 1.82) is 0 Å². The molecule has 0 saturated heterocycles. The summed E-state index contributed by atoms with van der Waals surface area (Å²) in [4.78, 5) is 26.7. The second-order valence-electron chi connectivity index (χ2n) is 7.49. The molecule has 0 unspecified atom stereocenters. The quantitative estimate of drug-likeness (QED) is 0.500. The Hall–Kier alpha value is -2.21. The van der Waals surface area contributed by atoms with E-state index in [0.29, 0.717) is 22.0 Å². The monoisotopic (exact) mass is 573 g/mol. The number of likely N-dealkylation sites (N-methyl/N-ethyl adjacent to an activating group) is 1. The average Bonchev–Trinajstić information content (AvgIpc) is 2.76. The first-order valence-corrected chi connectivity index (χ1v) is 12.8. The van der Waals surface area contributed by atoms with Crippen molar-refractivity contribution in [2.75, 3.05) is 24.2 Å². The lowest BCUT2D eigenvalue weighted by atomic mass is 10.1. The fourth-order valence-corrected chi connectivity index (χ4v) is 4.54. The minimum absolute atomic E-state index is 0.168. The summed E-state index contributed by atoms with van der Waals surface area (Å²) >= 11 is 18.0. The first kappa shape index (κ1) is 29.0. The van der Waals surface area contributed by atoms with E-state index < -0.39 is 51.9 Å². The van der Waals surface area contributed by atoms with Crippen molar-refractivity contribution in [3.63, 3.8) is 0 Å². The molecule has 2 aromatic rings. The molecule has 0 fully saturated rings. The maximum atomic E-state index is 13.3. The number of halogens is 6. The molecule has 0 spiro atoms. The lowest BCUT2D eigenvalue weighted by Gasteiger charge is -2.31. The number of benzene rings is 2. The molecule has 0 aliphatic carbocycles. The van der Waals surface area contributed by atoms with Crippen LogP contribution in [0.2, 0.25) is 15.1 Å². The molecule has 0 aliphatic rings. The van der Waals surface area contributed by atoms with Crippen molar-refractivity contribution in [3.8, 4) is 0 Å². The summed E-state index contributed by atoms with van der Waals surface area (Å²) < 4.78 is 65.2. The number of hydrogen-bond donors (Lipinski definition) is 1. The van der Waals surface area contributed by atoms with Crippen molar-refractivity contribution in [2.45, 2.75) is 25.7 Å². The van der Waals surface area contributed by atoms with Gasteiger partial charge >= 0.3 is 6.18 Å². The molecular weight excluding hydrogens is 554 g/mol. The summed E-state index contributed by atoms with van der Waals surface area (Å²) in [5.74, 6) is -1.42. The van der Waals surface area contributed by atoms with Crippen molar-refractivity contribution in [2.24, 2.45) is 0 Å².